The van der Waals surface area contributed by atoms with Gasteiger partial charge in [0.15, 0.2) is 0 Å². The molecular weight excluding hydrogens is 342 g/mol. The van der Waals surface area contributed by atoms with Crippen LogP contribution in [-0.2, 0) is 0 Å². The molecule has 1 aliphatic heterocycles. The molecule has 5 aliphatic rings. The Hall–Kier alpha value is -2.37. The summed E-state index contributed by atoms with van der Waals surface area (Å²) < 4.78 is 0. The third-order valence-corrected chi connectivity index (χ3v) is 6.92. The van der Waals surface area contributed by atoms with Crippen molar-refractivity contribution in [3.8, 4) is 0 Å². The van der Waals surface area contributed by atoms with Crippen molar-refractivity contribution < 1.29 is 14.4 Å². The average molecular weight is 367 g/mol. The van der Waals surface area contributed by atoms with E-state index in [2.05, 4.69) is 10.6 Å². The number of urea groups is 1. The summed E-state index contributed by atoms with van der Waals surface area (Å²) in [5.41, 5.74) is 0.856. The molecule has 0 radical (unpaired) electrons. The number of carbonyl (C=O) groups is 3. The molecule has 6 nitrogen and oxygen atoms in total. The van der Waals surface area contributed by atoms with Crippen molar-refractivity contribution in [1.82, 2.24) is 15.5 Å². The highest BCUT2D eigenvalue weighted by atomic mass is 16.2. The Morgan fingerprint density at radius 1 is 0.963 bits per heavy atom. The zero-order valence-electron chi connectivity index (χ0n) is 15.4. The molecule has 142 valence electrons. The maximum atomic E-state index is 12.5. The predicted octanol–water partition coefficient (Wildman–Crippen LogP) is 2.55. The first-order valence-electron chi connectivity index (χ1n) is 10.0. The van der Waals surface area contributed by atoms with E-state index in [9.17, 15) is 14.4 Å². The molecule has 4 fully saturated rings. The third-order valence-electron chi connectivity index (χ3n) is 6.92. The lowest BCUT2D eigenvalue weighted by Crippen LogP contribution is -2.61. The van der Waals surface area contributed by atoms with Crippen LogP contribution in [0.4, 0.5) is 4.79 Å². The van der Waals surface area contributed by atoms with Gasteiger partial charge in [-0.05, 0) is 68.4 Å². The summed E-state index contributed by atoms with van der Waals surface area (Å²) in [6, 6.07) is 6.68. The van der Waals surface area contributed by atoms with Gasteiger partial charge in [0.25, 0.3) is 11.8 Å². The lowest BCUT2D eigenvalue weighted by Gasteiger charge is -2.56. The Morgan fingerprint density at radius 3 is 2.00 bits per heavy atom. The van der Waals surface area contributed by atoms with Gasteiger partial charge in [-0.3, -0.25) is 14.5 Å². The average Bonchev–Trinajstić information content (AvgIpc) is 2.85. The summed E-state index contributed by atoms with van der Waals surface area (Å²) in [6.07, 6.45) is 7.31. The predicted molar refractivity (Wildman–Crippen MR) is 99.2 cm³/mol. The molecule has 27 heavy (non-hydrogen) atoms. The first-order valence-corrected chi connectivity index (χ1v) is 10.0. The maximum absolute atomic E-state index is 12.5. The molecule has 2 N–H and O–H groups in total. The van der Waals surface area contributed by atoms with E-state index >= 15 is 0 Å². The monoisotopic (exact) mass is 367 g/mol. The van der Waals surface area contributed by atoms with Gasteiger partial charge in [-0.25, -0.2) is 4.79 Å². The molecule has 4 saturated carbocycles. The smallest absolute Gasteiger partial charge is 0.315 e. The van der Waals surface area contributed by atoms with Crippen molar-refractivity contribution in [2.75, 3.05) is 13.1 Å². The zero-order valence-corrected chi connectivity index (χ0v) is 15.4. The second-order valence-electron chi connectivity index (χ2n) is 8.89. The van der Waals surface area contributed by atoms with E-state index in [1.54, 1.807) is 24.3 Å². The molecule has 4 bridgehead atoms. The summed E-state index contributed by atoms with van der Waals surface area (Å²) in [5, 5.41) is 6.11. The Morgan fingerprint density at radius 2 is 1.48 bits per heavy atom. The SMILES string of the molecule is O=C(NCCN1C(=O)c2ccccc2C1=O)NC12CC3CC(CC(C3)C1)C2. The van der Waals surface area contributed by atoms with E-state index in [4.69, 9.17) is 0 Å². The van der Waals surface area contributed by atoms with Gasteiger partial charge in [-0.1, -0.05) is 12.1 Å². The summed E-state index contributed by atoms with van der Waals surface area (Å²) in [7, 11) is 0. The highest BCUT2D eigenvalue weighted by Crippen LogP contribution is 2.55. The molecule has 1 aromatic carbocycles. The van der Waals surface area contributed by atoms with E-state index in [-0.39, 0.29) is 36.5 Å². The van der Waals surface area contributed by atoms with Crippen LogP contribution >= 0.6 is 0 Å². The van der Waals surface area contributed by atoms with E-state index in [0.717, 1.165) is 37.0 Å². The number of fused-ring (bicyclic) bond motifs is 1. The van der Waals surface area contributed by atoms with Gasteiger partial charge in [-0.2, -0.15) is 0 Å². The van der Waals surface area contributed by atoms with Crippen LogP contribution < -0.4 is 10.6 Å². The van der Waals surface area contributed by atoms with Gasteiger partial charge in [-0.15, -0.1) is 0 Å². The Balaban J connectivity index is 1.16. The number of amides is 4. The number of benzene rings is 1. The van der Waals surface area contributed by atoms with E-state index in [0.29, 0.717) is 11.1 Å². The topological polar surface area (TPSA) is 78.5 Å². The fraction of sp³-hybridized carbons (Fsp3) is 0.571. The van der Waals surface area contributed by atoms with E-state index in [1.807, 2.05) is 0 Å². The number of hydrogen-bond donors (Lipinski definition) is 2. The molecule has 1 heterocycles. The molecule has 4 aliphatic carbocycles. The van der Waals surface area contributed by atoms with Crippen LogP contribution in [0.15, 0.2) is 24.3 Å². The minimum absolute atomic E-state index is 0.0334. The van der Waals surface area contributed by atoms with Crippen LogP contribution in [0.2, 0.25) is 0 Å². The van der Waals surface area contributed by atoms with Gasteiger partial charge in [0.2, 0.25) is 0 Å². The van der Waals surface area contributed by atoms with Crippen LogP contribution in [0, 0.1) is 17.8 Å². The second kappa shape index (κ2) is 6.08. The van der Waals surface area contributed by atoms with Crippen molar-refractivity contribution in [3.05, 3.63) is 35.4 Å². The highest BCUT2D eigenvalue weighted by Gasteiger charge is 2.51. The number of carbonyl (C=O) groups excluding carboxylic acids is 3. The fourth-order valence-corrected chi connectivity index (χ4v) is 6.27. The largest absolute Gasteiger partial charge is 0.336 e. The molecule has 4 amide bonds. The molecule has 0 unspecified atom stereocenters. The Labute approximate surface area is 158 Å². The molecule has 0 aromatic heterocycles. The first-order chi connectivity index (χ1) is 13.0. The van der Waals surface area contributed by atoms with Gasteiger partial charge < -0.3 is 10.6 Å². The molecule has 1 aromatic rings. The van der Waals surface area contributed by atoms with Crippen molar-refractivity contribution in [3.63, 3.8) is 0 Å². The molecule has 0 spiro atoms. The van der Waals surface area contributed by atoms with Gasteiger partial charge >= 0.3 is 6.03 Å². The summed E-state index contributed by atoms with van der Waals surface area (Å²) >= 11 is 0. The standard InChI is InChI=1S/C21H25N3O3/c25-18-16-3-1-2-4-17(16)19(26)24(18)6-5-22-20(27)23-21-10-13-7-14(11-21)9-15(8-13)12-21/h1-4,13-15H,5-12H2,(H2,22,23,27). The molecular formula is C21H25N3O3. The van der Waals surface area contributed by atoms with Crippen molar-refractivity contribution in [2.45, 2.75) is 44.1 Å². The summed E-state index contributed by atoms with van der Waals surface area (Å²) in [4.78, 5) is 38.4. The van der Waals surface area contributed by atoms with Gasteiger partial charge in [0.05, 0.1) is 11.1 Å². The Kier molecular flexibility index (Phi) is 3.78. The Bertz CT molecular complexity index is 748. The fourth-order valence-electron chi connectivity index (χ4n) is 6.27. The maximum Gasteiger partial charge on any atom is 0.315 e. The number of nitrogens with one attached hydrogen (secondary N) is 2. The van der Waals surface area contributed by atoms with Crippen LogP contribution in [0.1, 0.15) is 59.2 Å². The molecule has 6 heteroatoms. The minimum Gasteiger partial charge on any atom is -0.336 e. The van der Waals surface area contributed by atoms with E-state index in [1.165, 1.54) is 24.2 Å². The number of imide groups is 1. The number of nitrogens with zero attached hydrogens (tertiary/aromatic N) is 1. The summed E-state index contributed by atoms with van der Waals surface area (Å²) in [5.74, 6) is 1.76. The summed E-state index contributed by atoms with van der Waals surface area (Å²) in [6.45, 7) is 0.463. The number of hydrogen-bond acceptors (Lipinski definition) is 3. The van der Waals surface area contributed by atoms with E-state index < -0.39 is 0 Å². The molecule has 6 rings (SSSR count). The lowest BCUT2D eigenvalue weighted by atomic mass is 9.53. The van der Waals surface area contributed by atoms with Crippen LogP contribution in [0.25, 0.3) is 0 Å². The van der Waals surface area contributed by atoms with Crippen LogP contribution in [0.3, 0.4) is 0 Å². The third kappa shape index (κ3) is 2.82. The zero-order chi connectivity index (χ0) is 18.6. The second-order valence-corrected chi connectivity index (χ2v) is 8.89. The number of rotatable bonds is 4. The van der Waals surface area contributed by atoms with Gasteiger partial charge in [0, 0.05) is 18.6 Å². The first kappa shape index (κ1) is 16.8. The highest BCUT2D eigenvalue weighted by molar-refractivity contribution is 6.21. The van der Waals surface area contributed by atoms with Crippen molar-refractivity contribution >= 4 is 17.8 Å². The minimum atomic E-state index is -0.279. The van der Waals surface area contributed by atoms with Crippen LogP contribution in [0.5, 0.6) is 0 Å². The van der Waals surface area contributed by atoms with Crippen molar-refractivity contribution in [1.29, 1.82) is 0 Å². The molecule has 0 atom stereocenters. The van der Waals surface area contributed by atoms with Crippen molar-refractivity contribution in [2.24, 2.45) is 17.8 Å². The quantitative estimate of drug-likeness (QED) is 0.803. The van der Waals surface area contributed by atoms with Crippen LogP contribution in [-0.4, -0.2) is 41.4 Å². The normalized spacial score (nSPS) is 33.3. The molecule has 0 saturated heterocycles. The van der Waals surface area contributed by atoms with Gasteiger partial charge in [0.1, 0.15) is 0 Å². The lowest BCUT2D eigenvalue weighted by molar-refractivity contribution is -0.0135.